The number of fused-ring (bicyclic) bond motifs is 1. The van der Waals surface area contributed by atoms with Crippen molar-refractivity contribution >= 4 is 5.57 Å². The van der Waals surface area contributed by atoms with Crippen LogP contribution in [0.5, 0.6) is 0 Å². The van der Waals surface area contributed by atoms with Crippen LogP contribution in [0.15, 0.2) is 68.3 Å². The minimum absolute atomic E-state index is 0.455. The molecule has 1 atom stereocenters. The van der Waals surface area contributed by atoms with E-state index in [-0.39, 0.29) is 0 Å². The Morgan fingerprint density at radius 3 is 2.25 bits per heavy atom. The number of allylic oxidation sites excluding steroid dienone is 4. The van der Waals surface area contributed by atoms with Gasteiger partial charge in [-0.3, -0.25) is 0 Å². The Kier molecular flexibility index (Phi) is 4.07. The first-order chi connectivity index (χ1) is 7.79. The molecule has 0 heteroatoms. The third kappa shape index (κ3) is 1.79. The van der Waals surface area contributed by atoms with Gasteiger partial charge in [0.2, 0.25) is 0 Å². The molecule has 0 saturated heterocycles. The zero-order valence-corrected chi connectivity index (χ0v) is 9.87. The molecular formula is C16H18. The van der Waals surface area contributed by atoms with Crippen molar-refractivity contribution in [1.29, 1.82) is 0 Å². The average molecular weight is 210 g/mol. The number of hydrogen-bond donors (Lipinski definition) is 0. The van der Waals surface area contributed by atoms with E-state index in [2.05, 4.69) is 57.5 Å². The van der Waals surface area contributed by atoms with Crippen LogP contribution in [-0.4, -0.2) is 0 Å². The minimum atomic E-state index is 0.455. The van der Waals surface area contributed by atoms with Crippen molar-refractivity contribution in [2.45, 2.75) is 12.8 Å². The van der Waals surface area contributed by atoms with E-state index in [0.717, 1.165) is 0 Å². The van der Waals surface area contributed by atoms with Crippen molar-refractivity contribution in [3.63, 3.8) is 0 Å². The van der Waals surface area contributed by atoms with E-state index in [0.29, 0.717) is 5.92 Å². The molecule has 16 heavy (non-hydrogen) atoms. The Balaban J connectivity index is 0.000000606. The third-order valence-electron chi connectivity index (χ3n) is 2.92. The molecule has 1 aromatic carbocycles. The van der Waals surface area contributed by atoms with Crippen molar-refractivity contribution < 1.29 is 0 Å². The predicted octanol–water partition coefficient (Wildman–Crippen LogP) is 4.73. The van der Waals surface area contributed by atoms with Crippen LogP contribution >= 0.6 is 0 Å². The van der Waals surface area contributed by atoms with Crippen molar-refractivity contribution in [3.05, 3.63) is 79.4 Å². The highest BCUT2D eigenvalue weighted by atomic mass is 14.3. The van der Waals surface area contributed by atoms with Gasteiger partial charge in [0.05, 0.1) is 0 Å². The van der Waals surface area contributed by atoms with E-state index in [9.17, 15) is 0 Å². The summed E-state index contributed by atoms with van der Waals surface area (Å²) in [6.45, 7) is 16.0. The number of hydrogen-bond acceptors (Lipinski definition) is 0. The van der Waals surface area contributed by atoms with Crippen LogP contribution in [-0.2, 0) is 0 Å². The van der Waals surface area contributed by atoms with Gasteiger partial charge in [-0.25, -0.2) is 0 Å². The predicted molar refractivity (Wildman–Crippen MR) is 73.4 cm³/mol. The molecule has 2 rings (SSSR count). The van der Waals surface area contributed by atoms with Gasteiger partial charge < -0.3 is 0 Å². The lowest BCUT2D eigenvalue weighted by atomic mass is 9.98. The summed E-state index contributed by atoms with van der Waals surface area (Å²) < 4.78 is 0. The Morgan fingerprint density at radius 2 is 1.69 bits per heavy atom. The summed E-state index contributed by atoms with van der Waals surface area (Å²) >= 11 is 0. The van der Waals surface area contributed by atoms with Crippen LogP contribution in [0.4, 0.5) is 0 Å². The second kappa shape index (κ2) is 5.32. The summed E-state index contributed by atoms with van der Waals surface area (Å²) in [6.07, 6.45) is 3.88. The first-order valence-electron chi connectivity index (χ1n) is 5.38. The third-order valence-corrected chi connectivity index (χ3v) is 2.92. The summed E-state index contributed by atoms with van der Waals surface area (Å²) in [7, 11) is 0. The lowest BCUT2D eigenvalue weighted by Crippen LogP contribution is -1.89. The highest BCUT2D eigenvalue weighted by Crippen LogP contribution is 2.42. The Labute approximate surface area is 98.3 Å². The Morgan fingerprint density at radius 1 is 1.06 bits per heavy atom. The first kappa shape index (κ1) is 12.3. The first-order valence-corrected chi connectivity index (χ1v) is 5.38. The topological polar surface area (TPSA) is 0 Å². The van der Waals surface area contributed by atoms with Crippen LogP contribution in [0, 0.1) is 0 Å². The Bertz CT molecular complexity index is 435. The summed E-state index contributed by atoms with van der Waals surface area (Å²) in [6, 6.07) is 8.49. The molecule has 0 bridgehead atoms. The fourth-order valence-corrected chi connectivity index (χ4v) is 2.19. The minimum Gasteiger partial charge on any atom is -0.106 e. The van der Waals surface area contributed by atoms with E-state index in [1.807, 2.05) is 12.2 Å². The van der Waals surface area contributed by atoms with Crippen molar-refractivity contribution in [2.24, 2.45) is 0 Å². The van der Waals surface area contributed by atoms with Gasteiger partial charge in [0.25, 0.3) is 0 Å². The molecule has 1 aliphatic carbocycles. The standard InChI is InChI=1S/C14H14.C2H4/c1-4-11-10(3)13-8-6-7-9-14(13)12(11)5-2;1-2/h4-10H,1-2H2,3H3;1-2H2. The van der Waals surface area contributed by atoms with E-state index in [1.54, 1.807) is 0 Å². The fourth-order valence-electron chi connectivity index (χ4n) is 2.19. The molecule has 0 N–H and O–H groups in total. The molecule has 0 amide bonds. The average Bonchev–Trinajstić information content (AvgIpc) is 2.64. The van der Waals surface area contributed by atoms with E-state index >= 15 is 0 Å². The van der Waals surface area contributed by atoms with E-state index in [1.165, 1.54) is 22.3 Å². The normalized spacial score (nSPS) is 17.2. The lowest BCUT2D eigenvalue weighted by molar-refractivity contribution is 0.948. The van der Waals surface area contributed by atoms with Gasteiger partial charge in [0.1, 0.15) is 0 Å². The molecule has 0 saturated carbocycles. The van der Waals surface area contributed by atoms with E-state index in [4.69, 9.17) is 0 Å². The fraction of sp³-hybridized carbons (Fsp3) is 0.125. The van der Waals surface area contributed by atoms with Crippen molar-refractivity contribution in [2.75, 3.05) is 0 Å². The van der Waals surface area contributed by atoms with Crippen LogP contribution in [0.1, 0.15) is 24.0 Å². The van der Waals surface area contributed by atoms with Crippen LogP contribution in [0.2, 0.25) is 0 Å². The summed E-state index contributed by atoms with van der Waals surface area (Å²) in [5.41, 5.74) is 5.23. The van der Waals surface area contributed by atoms with Gasteiger partial charge in [-0.15, -0.1) is 13.2 Å². The zero-order valence-electron chi connectivity index (χ0n) is 9.87. The molecular weight excluding hydrogens is 192 g/mol. The summed E-state index contributed by atoms with van der Waals surface area (Å²) in [5, 5.41) is 0. The molecule has 1 aromatic rings. The van der Waals surface area contributed by atoms with Gasteiger partial charge in [-0.1, -0.05) is 56.5 Å². The van der Waals surface area contributed by atoms with Crippen molar-refractivity contribution in [1.82, 2.24) is 0 Å². The summed E-state index contributed by atoms with van der Waals surface area (Å²) in [4.78, 5) is 0. The second-order valence-corrected chi connectivity index (χ2v) is 3.59. The van der Waals surface area contributed by atoms with Crippen molar-refractivity contribution in [3.8, 4) is 0 Å². The quantitative estimate of drug-likeness (QED) is 0.619. The maximum Gasteiger partial charge on any atom is 0.00730 e. The monoisotopic (exact) mass is 210 g/mol. The van der Waals surface area contributed by atoms with E-state index < -0.39 is 0 Å². The maximum atomic E-state index is 3.87. The molecule has 0 aliphatic heterocycles. The molecule has 0 spiro atoms. The van der Waals surface area contributed by atoms with Gasteiger partial charge >= 0.3 is 0 Å². The molecule has 0 fully saturated rings. The lowest BCUT2D eigenvalue weighted by Gasteiger charge is -2.06. The SMILES string of the molecule is C=C.C=CC1=C(C=C)C(C)c2ccccc21. The second-order valence-electron chi connectivity index (χ2n) is 3.59. The molecule has 82 valence electrons. The highest BCUT2D eigenvalue weighted by molar-refractivity contribution is 5.85. The molecule has 1 unspecified atom stereocenters. The molecule has 1 aliphatic rings. The van der Waals surface area contributed by atoms with Gasteiger partial charge in [0, 0.05) is 5.92 Å². The smallest absolute Gasteiger partial charge is 0.00730 e. The molecule has 0 radical (unpaired) electrons. The molecule has 0 aromatic heterocycles. The van der Waals surface area contributed by atoms with Crippen LogP contribution < -0.4 is 0 Å². The number of benzene rings is 1. The highest BCUT2D eigenvalue weighted by Gasteiger charge is 2.23. The number of rotatable bonds is 2. The maximum absolute atomic E-state index is 3.87. The van der Waals surface area contributed by atoms with Crippen LogP contribution in [0.25, 0.3) is 5.57 Å². The van der Waals surface area contributed by atoms with Gasteiger partial charge in [0.15, 0.2) is 0 Å². The summed E-state index contributed by atoms with van der Waals surface area (Å²) in [5.74, 6) is 0.455. The molecule has 0 heterocycles. The van der Waals surface area contributed by atoms with Gasteiger partial charge in [-0.05, 0) is 22.3 Å². The zero-order chi connectivity index (χ0) is 12.1. The van der Waals surface area contributed by atoms with Gasteiger partial charge in [-0.2, -0.15) is 0 Å². The van der Waals surface area contributed by atoms with Crippen LogP contribution in [0.3, 0.4) is 0 Å². The molecule has 0 nitrogen and oxygen atoms in total. The largest absolute Gasteiger partial charge is 0.106 e. The Hall–Kier alpha value is -1.82.